The Labute approximate surface area is 211 Å². The molecule has 1 heterocycles. The van der Waals surface area contributed by atoms with Crippen molar-refractivity contribution in [2.45, 2.75) is 19.9 Å². The maximum absolute atomic E-state index is 4.29. The van der Waals surface area contributed by atoms with Crippen LogP contribution in [-0.4, -0.2) is 36.0 Å². The van der Waals surface area contributed by atoms with E-state index < -0.39 is 0 Å². The van der Waals surface area contributed by atoms with E-state index in [-0.39, 0.29) is 0 Å². The fourth-order valence-corrected chi connectivity index (χ4v) is 3.86. The Balaban J connectivity index is 0.000000283. The molecule has 0 aromatic heterocycles. The summed E-state index contributed by atoms with van der Waals surface area (Å²) >= 11 is 3.91. The van der Waals surface area contributed by atoms with Crippen molar-refractivity contribution in [3.05, 3.63) is 133 Å². The van der Waals surface area contributed by atoms with Gasteiger partial charge in [0.25, 0.3) is 0 Å². The first-order chi connectivity index (χ1) is 16.5. The summed E-state index contributed by atoms with van der Waals surface area (Å²) in [7, 11) is 0. The molecule has 1 aliphatic rings. The maximum atomic E-state index is 4.29. The molecule has 1 saturated heterocycles. The van der Waals surface area contributed by atoms with E-state index >= 15 is 0 Å². The second kappa shape index (κ2) is 15.6. The Morgan fingerprint density at radius 1 is 0.853 bits per heavy atom. The first-order valence-electron chi connectivity index (χ1n) is 11.5. The number of anilines is 1. The number of thiol groups is 1. The van der Waals surface area contributed by atoms with Crippen molar-refractivity contribution < 1.29 is 0 Å². The summed E-state index contributed by atoms with van der Waals surface area (Å²) in [6.45, 7) is 18.0. The molecule has 4 heteroatoms. The molecule has 0 radical (unpaired) electrons. The summed E-state index contributed by atoms with van der Waals surface area (Å²) in [5.41, 5.74) is 8.52. The molecule has 1 aliphatic heterocycles. The number of aryl methyl sites for hydroxylation is 1. The topological polar surface area (TPSA) is 18.5 Å². The largest absolute Gasteiger partial charge is 0.372 e. The van der Waals surface area contributed by atoms with Crippen molar-refractivity contribution in [3.63, 3.8) is 0 Å². The van der Waals surface area contributed by atoms with E-state index in [1.807, 2.05) is 18.2 Å². The van der Waals surface area contributed by atoms with Crippen LogP contribution in [-0.2, 0) is 13.0 Å². The van der Waals surface area contributed by atoms with Gasteiger partial charge >= 0.3 is 0 Å². The molecule has 4 rings (SSSR count). The molecule has 3 nitrogen and oxygen atoms in total. The van der Waals surface area contributed by atoms with Gasteiger partial charge in [0.2, 0.25) is 0 Å². The van der Waals surface area contributed by atoms with Crippen molar-refractivity contribution in [2.75, 3.05) is 30.9 Å². The number of rotatable bonds is 6. The van der Waals surface area contributed by atoms with Crippen molar-refractivity contribution in [2.24, 2.45) is 0 Å². The molecule has 0 unspecified atom stereocenters. The summed E-state index contributed by atoms with van der Waals surface area (Å²) in [5.74, 6) is 0. The molecule has 0 spiro atoms. The van der Waals surface area contributed by atoms with Gasteiger partial charge in [-0.15, -0.1) is 5.73 Å². The van der Waals surface area contributed by atoms with Gasteiger partial charge in [-0.3, -0.25) is 4.90 Å². The van der Waals surface area contributed by atoms with Gasteiger partial charge in [-0.1, -0.05) is 105 Å². The molecule has 3 aromatic rings. The highest BCUT2D eigenvalue weighted by Gasteiger charge is 2.17. The van der Waals surface area contributed by atoms with Crippen LogP contribution >= 0.6 is 12.8 Å². The van der Waals surface area contributed by atoms with E-state index in [2.05, 4.69) is 126 Å². The molecule has 0 saturated carbocycles. The number of hydrogen-bond donors (Lipinski definition) is 2. The lowest BCUT2D eigenvalue weighted by molar-refractivity contribution is 0.151. The summed E-state index contributed by atoms with van der Waals surface area (Å²) in [4.78, 5) is 4.97. The van der Waals surface area contributed by atoms with Crippen LogP contribution in [0.5, 0.6) is 0 Å². The van der Waals surface area contributed by atoms with Crippen LogP contribution in [0.25, 0.3) is 0 Å². The lowest BCUT2D eigenvalue weighted by Gasteiger charge is -2.37. The number of allylic oxidation sites excluding steroid dienone is 1. The van der Waals surface area contributed by atoms with Crippen molar-refractivity contribution in [1.82, 2.24) is 9.80 Å². The molecule has 1 N–H and O–H groups in total. The minimum atomic E-state index is 0.958. The van der Waals surface area contributed by atoms with Gasteiger partial charge in [-0.25, -0.2) is 0 Å². The fourth-order valence-electron chi connectivity index (χ4n) is 3.72. The van der Waals surface area contributed by atoms with Gasteiger partial charge in [0.15, 0.2) is 0 Å². The molecule has 3 aromatic carbocycles. The highest BCUT2D eigenvalue weighted by molar-refractivity contribution is 7.81. The van der Waals surface area contributed by atoms with E-state index in [0.717, 1.165) is 44.8 Å². The minimum absolute atomic E-state index is 0.958. The smallest absolute Gasteiger partial charge is 0.0440 e. The molecule has 0 bridgehead atoms. The maximum Gasteiger partial charge on any atom is 0.0440 e. The predicted molar refractivity (Wildman–Crippen MR) is 151 cm³/mol. The molecule has 0 aliphatic carbocycles. The first kappa shape index (κ1) is 27.1. The Bertz CT molecular complexity index is 1000. The number of hydrogen-bond acceptors (Lipinski definition) is 4. The molecular weight excluding hydrogens is 434 g/mol. The second-order valence-electron chi connectivity index (χ2n) is 8.21. The van der Waals surface area contributed by atoms with Crippen molar-refractivity contribution in [3.8, 4) is 0 Å². The predicted octanol–water partition coefficient (Wildman–Crippen LogP) is 6.77. The van der Waals surface area contributed by atoms with Gasteiger partial charge in [0.05, 0.1) is 0 Å². The summed E-state index contributed by atoms with van der Waals surface area (Å²) < 4.78 is 2.76. The van der Waals surface area contributed by atoms with Crippen LogP contribution in [0.15, 0.2) is 116 Å². The van der Waals surface area contributed by atoms with Gasteiger partial charge in [-0.2, -0.15) is 0 Å². The zero-order valence-corrected chi connectivity index (χ0v) is 21.2. The van der Waals surface area contributed by atoms with Crippen LogP contribution < -0.4 is 4.72 Å². The number of nitrogens with one attached hydrogen (secondary N) is 1. The van der Waals surface area contributed by atoms with E-state index in [0.29, 0.717) is 0 Å². The van der Waals surface area contributed by atoms with Crippen molar-refractivity contribution >= 4 is 18.5 Å². The van der Waals surface area contributed by atoms with Gasteiger partial charge in [-0.05, 0) is 35.7 Å². The molecule has 178 valence electrons. The van der Waals surface area contributed by atoms with Gasteiger partial charge in [0, 0.05) is 50.5 Å². The van der Waals surface area contributed by atoms with E-state index in [1.54, 1.807) is 0 Å². The van der Waals surface area contributed by atoms with Crippen LogP contribution in [0, 0.1) is 6.92 Å². The van der Waals surface area contributed by atoms with Gasteiger partial charge in [0.1, 0.15) is 0 Å². The van der Waals surface area contributed by atoms with Crippen LogP contribution in [0.1, 0.15) is 16.7 Å². The van der Waals surface area contributed by atoms with E-state index in [1.165, 1.54) is 22.4 Å². The second-order valence-corrected chi connectivity index (χ2v) is 8.43. The van der Waals surface area contributed by atoms with Crippen LogP contribution in [0.4, 0.5) is 5.69 Å². The van der Waals surface area contributed by atoms with E-state index in [9.17, 15) is 0 Å². The Kier molecular flexibility index (Phi) is 12.4. The third kappa shape index (κ3) is 10.2. The summed E-state index contributed by atoms with van der Waals surface area (Å²) in [6.07, 6.45) is 0.958. The molecule has 34 heavy (non-hydrogen) atoms. The Hall–Kier alpha value is -3.17. The van der Waals surface area contributed by atoms with Crippen molar-refractivity contribution in [1.29, 1.82) is 0 Å². The highest BCUT2D eigenvalue weighted by atomic mass is 32.1. The average Bonchev–Trinajstić information content (AvgIpc) is 2.86. The van der Waals surface area contributed by atoms with Crippen LogP contribution in [0.3, 0.4) is 0 Å². The fraction of sp³-hybridized carbons (Fsp3) is 0.233. The third-order valence-corrected chi connectivity index (χ3v) is 5.72. The summed E-state index contributed by atoms with van der Waals surface area (Å²) in [5, 5.41) is 0. The lowest BCUT2D eigenvalue weighted by Crippen LogP contribution is -2.45. The van der Waals surface area contributed by atoms with E-state index in [4.69, 9.17) is 0 Å². The average molecular weight is 472 g/mol. The monoisotopic (exact) mass is 471 g/mol. The number of nitrogens with zero attached hydrogens (tertiary/aromatic N) is 2. The molecule has 1 fully saturated rings. The van der Waals surface area contributed by atoms with Gasteiger partial charge < -0.3 is 9.62 Å². The van der Waals surface area contributed by atoms with Crippen LogP contribution in [0.2, 0.25) is 0 Å². The standard InChI is InChI=1S/C20H24N2.C7H9NS.C3H4/c1-18(16-19-8-4-2-5-9-19)22-14-12-21(13-15-22)17-20-10-6-3-7-11-20;1-6-3-2-4-7(5-6)8-9;1-3-2/h2-11H,1,12-17H2;2-5,8-9H,1H3;1-2H2. The molecular formula is C30H37N3S. The zero-order chi connectivity index (χ0) is 24.6. The molecule has 0 amide bonds. The quantitative estimate of drug-likeness (QED) is 0.305. The first-order valence-corrected chi connectivity index (χ1v) is 12.0. The SMILES string of the molecule is C=C(Cc1ccccc1)N1CCN(Cc2ccccc2)CC1.C=C=C.Cc1cccc(NS)c1. The number of piperazine rings is 1. The minimum Gasteiger partial charge on any atom is -0.372 e. The Morgan fingerprint density at radius 3 is 1.91 bits per heavy atom. The normalized spacial score (nSPS) is 12.8. The highest BCUT2D eigenvalue weighted by Crippen LogP contribution is 2.15. The third-order valence-electron chi connectivity index (χ3n) is 5.47. The summed E-state index contributed by atoms with van der Waals surface area (Å²) in [6, 6.07) is 29.4. The number of benzene rings is 3. The lowest BCUT2D eigenvalue weighted by atomic mass is 10.1. The Morgan fingerprint density at radius 2 is 1.41 bits per heavy atom. The molecule has 0 atom stereocenters. The zero-order valence-electron chi connectivity index (χ0n) is 20.3.